The van der Waals surface area contributed by atoms with Crippen molar-refractivity contribution in [3.63, 3.8) is 0 Å². The predicted octanol–water partition coefficient (Wildman–Crippen LogP) is 4.19. The molecule has 0 radical (unpaired) electrons. The molecule has 0 aliphatic carbocycles. The number of benzene rings is 2. The van der Waals surface area contributed by atoms with Crippen molar-refractivity contribution < 1.29 is 13.5 Å². The summed E-state index contributed by atoms with van der Waals surface area (Å²) >= 11 is 0. The Morgan fingerprint density at radius 1 is 1.14 bits per heavy atom. The molecule has 0 aliphatic rings. The second-order valence-electron chi connectivity index (χ2n) is 5.19. The first kappa shape index (κ1) is 15.4. The summed E-state index contributed by atoms with van der Waals surface area (Å²) in [5.74, 6) is -2.62. The van der Waals surface area contributed by atoms with Crippen LogP contribution >= 0.6 is 0 Å². The number of nitrogens with two attached hydrogens (primary N) is 1. The van der Waals surface area contributed by atoms with Gasteiger partial charge in [0, 0.05) is 17.2 Å². The maximum atomic E-state index is 14.1. The van der Waals surface area contributed by atoms with Gasteiger partial charge in [-0.25, -0.2) is 0 Å². The van der Waals surface area contributed by atoms with Crippen LogP contribution in [0.25, 0.3) is 0 Å². The van der Waals surface area contributed by atoms with Gasteiger partial charge in [0.1, 0.15) is 5.75 Å². The summed E-state index contributed by atoms with van der Waals surface area (Å²) in [6, 6.07) is 12.8. The molecule has 0 fully saturated rings. The molecule has 2 aromatic rings. The first-order valence-corrected chi connectivity index (χ1v) is 6.82. The molecule has 2 aromatic carbocycles. The largest absolute Gasteiger partial charge is 0.487 e. The highest BCUT2D eigenvalue weighted by Crippen LogP contribution is 2.31. The number of hydrogen-bond acceptors (Lipinski definition) is 2. The number of aryl methyl sites for hydroxylation is 1. The monoisotopic (exact) mass is 291 g/mol. The highest BCUT2D eigenvalue weighted by Gasteiger charge is 2.32. The fraction of sp³-hybridized carbons (Fsp3) is 0.294. The van der Waals surface area contributed by atoms with Gasteiger partial charge in [-0.1, -0.05) is 42.5 Å². The fourth-order valence-corrected chi connectivity index (χ4v) is 2.08. The molecule has 112 valence electrons. The molecule has 0 heterocycles. The normalized spacial score (nSPS) is 13.0. The van der Waals surface area contributed by atoms with E-state index in [2.05, 4.69) is 0 Å². The Kier molecular flexibility index (Phi) is 4.58. The van der Waals surface area contributed by atoms with Gasteiger partial charge in [-0.15, -0.1) is 0 Å². The molecule has 0 saturated heterocycles. The van der Waals surface area contributed by atoms with Crippen molar-refractivity contribution in [2.75, 3.05) is 6.61 Å². The summed E-state index contributed by atoms with van der Waals surface area (Å²) in [5, 5.41) is 0. The average molecular weight is 291 g/mol. The molecule has 0 saturated carbocycles. The molecule has 0 spiro atoms. The number of alkyl halides is 2. The van der Waals surface area contributed by atoms with Crippen LogP contribution in [0.1, 0.15) is 29.7 Å². The molecular weight excluding hydrogens is 272 g/mol. The molecule has 0 aromatic heterocycles. The van der Waals surface area contributed by atoms with Crippen molar-refractivity contribution >= 4 is 0 Å². The quantitative estimate of drug-likeness (QED) is 0.896. The van der Waals surface area contributed by atoms with E-state index < -0.39 is 12.5 Å². The topological polar surface area (TPSA) is 35.2 Å². The van der Waals surface area contributed by atoms with E-state index in [-0.39, 0.29) is 11.6 Å². The van der Waals surface area contributed by atoms with Crippen LogP contribution in [0.15, 0.2) is 48.5 Å². The standard InChI is InChI=1S/C17H19F2NO/c1-12-8-9-15(13(2)20)16(10-12)21-11-17(18,19)14-6-4-3-5-7-14/h3-10,13H,11,20H2,1-2H3/t13-/m1/s1. The summed E-state index contributed by atoms with van der Waals surface area (Å²) in [4.78, 5) is 0. The van der Waals surface area contributed by atoms with E-state index >= 15 is 0 Å². The van der Waals surface area contributed by atoms with E-state index in [4.69, 9.17) is 10.5 Å². The van der Waals surface area contributed by atoms with Gasteiger partial charge < -0.3 is 10.5 Å². The summed E-state index contributed by atoms with van der Waals surface area (Å²) in [7, 11) is 0. The van der Waals surface area contributed by atoms with E-state index in [1.54, 1.807) is 31.2 Å². The van der Waals surface area contributed by atoms with E-state index in [1.165, 1.54) is 12.1 Å². The first-order chi connectivity index (χ1) is 9.90. The summed E-state index contributed by atoms with van der Waals surface area (Å²) < 4.78 is 33.6. The van der Waals surface area contributed by atoms with Gasteiger partial charge >= 0.3 is 5.92 Å². The molecule has 2 rings (SSSR count). The highest BCUT2D eigenvalue weighted by molar-refractivity contribution is 5.39. The molecule has 0 aliphatic heterocycles. The summed E-state index contributed by atoms with van der Waals surface area (Å²) in [6.07, 6.45) is 0. The van der Waals surface area contributed by atoms with Crippen LogP contribution in [0.2, 0.25) is 0 Å². The molecule has 21 heavy (non-hydrogen) atoms. The zero-order valence-corrected chi connectivity index (χ0v) is 12.1. The third-order valence-electron chi connectivity index (χ3n) is 3.26. The molecular formula is C17H19F2NO. The zero-order chi connectivity index (χ0) is 15.5. The molecule has 2 N–H and O–H groups in total. The molecule has 1 atom stereocenters. The minimum Gasteiger partial charge on any atom is -0.487 e. The van der Waals surface area contributed by atoms with Crippen molar-refractivity contribution in [2.24, 2.45) is 5.73 Å². The Hall–Kier alpha value is -1.94. The van der Waals surface area contributed by atoms with Gasteiger partial charge in [0.05, 0.1) is 0 Å². The number of halogens is 2. The maximum Gasteiger partial charge on any atom is 0.306 e. The van der Waals surface area contributed by atoms with Crippen molar-refractivity contribution in [1.29, 1.82) is 0 Å². The van der Waals surface area contributed by atoms with Crippen LogP contribution in [-0.4, -0.2) is 6.61 Å². The minimum absolute atomic E-state index is 0.0556. The van der Waals surface area contributed by atoms with Gasteiger partial charge in [0.15, 0.2) is 6.61 Å². The van der Waals surface area contributed by atoms with Crippen LogP contribution in [0.3, 0.4) is 0 Å². The lowest BCUT2D eigenvalue weighted by Gasteiger charge is -2.20. The lowest BCUT2D eigenvalue weighted by molar-refractivity contribution is -0.0470. The van der Waals surface area contributed by atoms with Crippen molar-refractivity contribution in [3.05, 3.63) is 65.2 Å². The molecule has 2 nitrogen and oxygen atoms in total. The van der Waals surface area contributed by atoms with E-state index in [0.29, 0.717) is 5.75 Å². The van der Waals surface area contributed by atoms with E-state index in [0.717, 1.165) is 11.1 Å². The second kappa shape index (κ2) is 6.22. The summed E-state index contributed by atoms with van der Waals surface area (Å²) in [5.41, 5.74) is 7.46. The van der Waals surface area contributed by atoms with Crippen LogP contribution in [0.4, 0.5) is 8.78 Å². The zero-order valence-electron chi connectivity index (χ0n) is 12.1. The number of hydrogen-bond donors (Lipinski definition) is 1. The minimum atomic E-state index is -3.04. The van der Waals surface area contributed by atoms with Gasteiger partial charge in [0.25, 0.3) is 0 Å². The van der Waals surface area contributed by atoms with Gasteiger partial charge in [-0.2, -0.15) is 8.78 Å². The van der Waals surface area contributed by atoms with E-state index in [9.17, 15) is 8.78 Å². The second-order valence-corrected chi connectivity index (χ2v) is 5.19. The SMILES string of the molecule is Cc1ccc([C@@H](C)N)c(OCC(F)(F)c2ccccc2)c1. The van der Waals surface area contributed by atoms with E-state index in [1.807, 2.05) is 19.1 Å². The Morgan fingerprint density at radius 2 is 1.81 bits per heavy atom. The number of rotatable bonds is 5. The van der Waals surface area contributed by atoms with Gasteiger partial charge in [-0.3, -0.25) is 0 Å². The van der Waals surface area contributed by atoms with Crippen molar-refractivity contribution in [1.82, 2.24) is 0 Å². The van der Waals surface area contributed by atoms with Crippen LogP contribution in [0.5, 0.6) is 5.75 Å². The molecule has 0 bridgehead atoms. The van der Waals surface area contributed by atoms with Crippen LogP contribution in [0, 0.1) is 6.92 Å². The number of ether oxygens (including phenoxy) is 1. The Labute approximate surface area is 123 Å². The Balaban J connectivity index is 2.18. The van der Waals surface area contributed by atoms with Gasteiger partial charge in [-0.05, 0) is 25.5 Å². The highest BCUT2D eigenvalue weighted by atomic mass is 19.3. The smallest absolute Gasteiger partial charge is 0.306 e. The Morgan fingerprint density at radius 3 is 2.43 bits per heavy atom. The fourth-order valence-electron chi connectivity index (χ4n) is 2.08. The first-order valence-electron chi connectivity index (χ1n) is 6.82. The Bertz CT molecular complexity index is 597. The van der Waals surface area contributed by atoms with Crippen molar-refractivity contribution in [3.8, 4) is 5.75 Å². The van der Waals surface area contributed by atoms with Crippen molar-refractivity contribution in [2.45, 2.75) is 25.8 Å². The maximum absolute atomic E-state index is 14.1. The lowest BCUT2D eigenvalue weighted by atomic mass is 10.1. The third kappa shape index (κ3) is 3.79. The average Bonchev–Trinajstić information content (AvgIpc) is 2.46. The molecule has 0 unspecified atom stereocenters. The summed E-state index contributed by atoms with van der Waals surface area (Å²) in [6.45, 7) is 2.97. The van der Waals surface area contributed by atoms with Crippen LogP contribution in [-0.2, 0) is 5.92 Å². The van der Waals surface area contributed by atoms with Gasteiger partial charge in [0.2, 0.25) is 0 Å². The third-order valence-corrected chi connectivity index (χ3v) is 3.26. The molecule has 0 amide bonds. The van der Waals surface area contributed by atoms with Crippen LogP contribution < -0.4 is 10.5 Å². The predicted molar refractivity (Wildman–Crippen MR) is 79.6 cm³/mol. The lowest BCUT2D eigenvalue weighted by Crippen LogP contribution is -2.23. The molecule has 4 heteroatoms.